The van der Waals surface area contributed by atoms with E-state index < -0.39 is 37.3 Å². The number of carbonyl (C=O) groups excluding carboxylic acids is 1. The molecule has 2 aromatic carbocycles. The summed E-state index contributed by atoms with van der Waals surface area (Å²) in [7, 11) is 0. The molecule has 0 bridgehead atoms. The molecule has 31 heavy (non-hydrogen) atoms. The third kappa shape index (κ3) is 6.49. The van der Waals surface area contributed by atoms with Crippen molar-refractivity contribution in [3.05, 3.63) is 65.7 Å². The van der Waals surface area contributed by atoms with Crippen LogP contribution in [0.5, 0.6) is 5.75 Å². The molecule has 0 spiro atoms. The van der Waals surface area contributed by atoms with Crippen molar-refractivity contribution >= 4 is 5.91 Å². The van der Waals surface area contributed by atoms with Crippen LogP contribution in [0.4, 0.5) is 0 Å². The molecule has 0 radical (unpaired) electrons. The average molecular weight is 431 g/mol. The molecule has 0 saturated carbocycles. The lowest BCUT2D eigenvalue weighted by molar-refractivity contribution is -0.269. The third-order valence-corrected chi connectivity index (χ3v) is 5.10. The number of carbonyl (C=O) groups is 1. The Balaban J connectivity index is 1.51. The van der Waals surface area contributed by atoms with E-state index in [1.807, 2.05) is 54.6 Å². The van der Waals surface area contributed by atoms with Crippen molar-refractivity contribution in [2.45, 2.75) is 50.6 Å². The number of ether oxygens (including phenoxy) is 3. The standard InChI is InChI=1S/C23H29NO7/c1-15(26)24-20-22(28)21(27)19(13-25)31-23(20)29-12-11-16-7-9-18(10-8-16)30-14-17-5-3-2-4-6-17/h2-10,19-23,25,27-28H,11-14H2,1H3,(H,24,26)/t19-,20-,21-,22-,23-/m1/s1. The fraction of sp³-hybridized carbons (Fsp3) is 0.435. The largest absolute Gasteiger partial charge is 0.489 e. The van der Waals surface area contributed by atoms with Crippen LogP contribution in [0, 0.1) is 0 Å². The van der Waals surface area contributed by atoms with Crippen LogP contribution >= 0.6 is 0 Å². The Hall–Kier alpha value is -2.49. The molecular formula is C23H29NO7. The minimum Gasteiger partial charge on any atom is -0.489 e. The van der Waals surface area contributed by atoms with E-state index in [0.717, 1.165) is 16.9 Å². The molecule has 8 nitrogen and oxygen atoms in total. The van der Waals surface area contributed by atoms with E-state index in [0.29, 0.717) is 13.0 Å². The zero-order chi connectivity index (χ0) is 22.2. The minimum absolute atomic E-state index is 0.256. The predicted octanol–water partition coefficient (Wildman–Crippen LogP) is 0.768. The van der Waals surface area contributed by atoms with Gasteiger partial charge in [0, 0.05) is 6.92 Å². The topological polar surface area (TPSA) is 117 Å². The number of benzene rings is 2. The lowest BCUT2D eigenvalue weighted by Crippen LogP contribution is -2.64. The summed E-state index contributed by atoms with van der Waals surface area (Å²) in [6, 6.07) is 16.6. The van der Waals surface area contributed by atoms with E-state index in [1.54, 1.807) is 0 Å². The SMILES string of the molecule is CC(=O)N[C@H]1[C@H](OCCc2ccc(OCc3ccccc3)cc2)O[C@H](CO)[C@@H](O)[C@@H]1O. The van der Waals surface area contributed by atoms with Crippen molar-refractivity contribution in [1.82, 2.24) is 5.32 Å². The van der Waals surface area contributed by atoms with Gasteiger partial charge in [-0.05, 0) is 29.7 Å². The maximum Gasteiger partial charge on any atom is 0.217 e. The van der Waals surface area contributed by atoms with Gasteiger partial charge in [-0.2, -0.15) is 0 Å². The Morgan fingerprint density at radius 2 is 1.74 bits per heavy atom. The summed E-state index contributed by atoms with van der Waals surface area (Å²) in [6.07, 6.45) is -4.07. The monoisotopic (exact) mass is 431 g/mol. The smallest absolute Gasteiger partial charge is 0.217 e. The normalized spacial score (nSPS) is 25.7. The molecule has 1 fully saturated rings. The van der Waals surface area contributed by atoms with Crippen LogP contribution in [0.25, 0.3) is 0 Å². The predicted molar refractivity (Wildman–Crippen MR) is 112 cm³/mol. The van der Waals surface area contributed by atoms with Crippen molar-refractivity contribution in [3.63, 3.8) is 0 Å². The fourth-order valence-corrected chi connectivity index (χ4v) is 3.40. The number of rotatable bonds is 9. The molecular weight excluding hydrogens is 402 g/mol. The summed E-state index contributed by atoms with van der Waals surface area (Å²) in [5.74, 6) is 0.375. The summed E-state index contributed by atoms with van der Waals surface area (Å²) in [5, 5.41) is 32.2. The summed E-state index contributed by atoms with van der Waals surface area (Å²) in [6.45, 7) is 1.57. The Morgan fingerprint density at radius 1 is 1.03 bits per heavy atom. The maximum absolute atomic E-state index is 11.5. The van der Waals surface area contributed by atoms with Crippen molar-refractivity contribution in [3.8, 4) is 5.75 Å². The second kappa shape index (κ2) is 11.2. The first kappa shape index (κ1) is 23.2. The molecule has 0 unspecified atom stereocenters. The Labute approximate surface area is 181 Å². The molecule has 1 saturated heterocycles. The summed E-state index contributed by atoms with van der Waals surface area (Å²) in [5.41, 5.74) is 2.10. The molecule has 3 rings (SSSR count). The Morgan fingerprint density at radius 3 is 2.39 bits per heavy atom. The number of nitrogens with one attached hydrogen (secondary N) is 1. The van der Waals surface area contributed by atoms with Crippen molar-refractivity contribution < 1.29 is 34.3 Å². The Kier molecular flexibility index (Phi) is 8.39. The molecule has 8 heteroatoms. The zero-order valence-electron chi connectivity index (χ0n) is 17.4. The molecule has 0 aliphatic carbocycles. The van der Waals surface area contributed by atoms with E-state index in [2.05, 4.69) is 5.32 Å². The first-order valence-electron chi connectivity index (χ1n) is 10.2. The molecule has 168 valence electrons. The highest BCUT2D eigenvalue weighted by molar-refractivity contribution is 5.73. The van der Waals surface area contributed by atoms with Crippen molar-refractivity contribution in [2.75, 3.05) is 13.2 Å². The van der Waals surface area contributed by atoms with Crippen molar-refractivity contribution in [1.29, 1.82) is 0 Å². The van der Waals surface area contributed by atoms with Gasteiger partial charge in [0.2, 0.25) is 5.91 Å². The quantitative estimate of drug-likeness (QED) is 0.463. The van der Waals surface area contributed by atoms with E-state index in [9.17, 15) is 20.1 Å². The van der Waals surface area contributed by atoms with Gasteiger partial charge in [0.15, 0.2) is 6.29 Å². The van der Waals surface area contributed by atoms with Crippen LogP contribution in [-0.4, -0.2) is 65.1 Å². The second-order valence-electron chi connectivity index (χ2n) is 7.47. The van der Waals surface area contributed by atoms with Crippen molar-refractivity contribution in [2.24, 2.45) is 0 Å². The average Bonchev–Trinajstić information content (AvgIpc) is 2.78. The van der Waals surface area contributed by atoms with Crippen LogP contribution in [0.3, 0.4) is 0 Å². The molecule has 4 N–H and O–H groups in total. The van der Waals surface area contributed by atoms with Gasteiger partial charge in [-0.1, -0.05) is 42.5 Å². The van der Waals surface area contributed by atoms with Gasteiger partial charge in [0.25, 0.3) is 0 Å². The maximum atomic E-state index is 11.5. The highest BCUT2D eigenvalue weighted by Gasteiger charge is 2.45. The van der Waals surface area contributed by atoms with Gasteiger partial charge in [0.1, 0.15) is 36.7 Å². The molecule has 1 aliphatic rings. The Bertz CT molecular complexity index is 814. The molecule has 0 aromatic heterocycles. The number of hydrogen-bond acceptors (Lipinski definition) is 7. The first-order chi connectivity index (χ1) is 15.0. The summed E-state index contributed by atoms with van der Waals surface area (Å²) >= 11 is 0. The van der Waals surface area contributed by atoms with E-state index in [4.69, 9.17) is 14.2 Å². The number of aliphatic hydroxyl groups excluding tert-OH is 3. The van der Waals surface area contributed by atoms with Gasteiger partial charge in [0.05, 0.1) is 13.2 Å². The van der Waals surface area contributed by atoms with Gasteiger partial charge < -0.3 is 34.8 Å². The summed E-state index contributed by atoms with van der Waals surface area (Å²) in [4.78, 5) is 11.5. The first-order valence-corrected chi connectivity index (χ1v) is 10.2. The highest BCUT2D eigenvalue weighted by atomic mass is 16.7. The molecule has 1 aliphatic heterocycles. The van der Waals surface area contributed by atoms with Gasteiger partial charge in [-0.3, -0.25) is 4.79 Å². The fourth-order valence-electron chi connectivity index (χ4n) is 3.40. The van der Waals surface area contributed by atoms with Gasteiger partial charge in [-0.15, -0.1) is 0 Å². The third-order valence-electron chi connectivity index (χ3n) is 5.10. The van der Waals surface area contributed by atoms with Gasteiger partial charge >= 0.3 is 0 Å². The van der Waals surface area contributed by atoms with Crippen LogP contribution in [-0.2, 0) is 27.3 Å². The summed E-state index contributed by atoms with van der Waals surface area (Å²) < 4.78 is 17.1. The van der Waals surface area contributed by atoms with Crippen LogP contribution in [0.2, 0.25) is 0 Å². The minimum atomic E-state index is -1.33. The lowest BCUT2D eigenvalue weighted by atomic mass is 9.97. The number of hydrogen-bond donors (Lipinski definition) is 4. The number of aliphatic hydroxyl groups is 3. The van der Waals surface area contributed by atoms with Gasteiger partial charge in [-0.25, -0.2) is 0 Å². The molecule has 2 aromatic rings. The van der Waals surface area contributed by atoms with E-state index in [-0.39, 0.29) is 12.5 Å². The van der Waals surface area contributed by atoms with E-state index >= 15 is 0 Å². The van der Waals surface area contributed by atoms with E-state index in [1.165, 1.54) is 6.92 Å². The number of amides is 1. The molecule has 5 atom stereocenters. The molecule has 1 amide bonds. The highest BCUT2D eigenvalue weighted by Crippen LogP contribution is 2.22. The zero-order valence-corrected chi connectivity index (χ0v) is 17.4. The molecule has 1 heterocycles. The second-order valence-corrected chi connectivity index (χ2v) is 7.47. The van der Waals surface area contributed by atoms with Crippen LogP contribution in [0.15, 0.2) is 54.6 Å². The lowest BCUT2D eigenvalue weighted by Gasteiger charge is -2.42. The van der Waals surface area contributed by atoms with Crippen LogP contribution in [0.1, 0.15) is 18.1 Å². The van der Waals surface area contributed by atoms with Crippen LogP contribution < -0.4 is 10.1 Å².